The summed E-state index contributed by atoms with van der Waals surface area (Å²) in [6, 6.07) is 8.44. The van der Waals surface area contributed by atoms with Crippen LogP contribution in [0.4, 0.5) is 5.69 Å². The summed E-state index contributed by atoms with van der Waals surface area (Å²) < 4.78 is 27.1. The maximum Gasteiger partial charge on any atom is 0.281 e. The van der Waals surface area contributed by atoms with Gasteiger partial charge in [-0.3, -0.25) is 4.79 Å². The summed E-state index contributed by atoms with van der Waals surface area (Å²) in [6.45, 7) is 7.29. The number of amides is 1. The molecule has 0 spiro atoms. The molecule has 7 nitrogen and oxygen atoms in total. The van der Waals surface area contributed by atoms with Crippen molar-refractivity contribution in [1.82, 2.24) is 13.9 Å². The second-order valence-corrected chi connectivity index (χ2v) is 11.1. The second-order valence-electron chi connectivity index (χ2n) is 8.98. The van der Waals surface area contributed by atoms with Gasteiger partial charge in [-0.15, -0.1) is 0 Å². The van der Waals surface area contributed by atoms with E-state index in [1.807, 2.05) is 6.92 Å². The summed E-state index contributed by atoms with van der Waals surface area (Å²) in [5, 5.41) is 3.12. The van der Waals surface area contributed by atoms with Crippen LogP contribution in [0, 0.1) is 11.8 Å². The number of nitrogens with one attached hydrogen (secondary N) is 1. The summed E-state index contributed by atoms with van der Waals surface area (Å²) in [7, 11) is -0.332. The molecule has 30 heavy (non-hydrogen) atoms. The Morgan fingerprint density at radius 2 is 1.73 bits per heavy atom. The zero-order chi connectivity index (χ0) is 21.9. The number of benzene rings is 1. The fourth-order valence-electron chi connectivity index (χ4n) is 4.39. The maximum absolute atomic E-state index is 12.7. The highest BCUT2D eigenvalue weighted by atomic mass is 32.2. The molecule has 168 valence electrons. The molecule has 2 aliphatic heterocycles. The topological polar surface area (TPSA) is 73.0 Å². The van der Waals surface area contributed by atoms with Crippen molar-refractivity contribution in [2.45, 2.75) is 45.6 Å². The third kappa shape index (κ3) is 5.34. The molecule has 0 saturated carbocycles. The van der Waals surface area contributed by atoms with Gasteiger partial charge in [-0.25, -0.2) is 0 Å². The van der Waals surface area contributed by atoms with Crippen molar-refractivity contribution in [3.63, 3.8) is 0 Å². The molecule has 3 rings (SSSR count). The molecule has 2 aliphatic rings. The molecule has 2 atom stereocenters. The van der Waals surface area contributed by atoms with E-state index in [2.05, 4.69) is 41.4 Å². The van der Waals surface area contributed by atoms with Crippen molar-refractivity contribution in [3.8, 4) is 0 Å². The highest BCUT2D eigenvalue weighted by molar-refractivity contribution is 7.86. The lowest BCUT2D eigenvalue weighted by Gasteiger charge is -2.33. The standard InChI is InChI=1S/C22H36N4O3S/c1-17-6-5-13-25(16-17)21-9-7-19(8-10-21)18(2)23-22(27)20-11-14-26(15-12-20)30(28,29)24(3)4/h7-10,17-18,20H,5-6,11-16H2,1-4H3,(H,23,27). The van der Waals surface area contributed by atoms with Gasteiger partial charge in [0.05, 0.1) is 6.04 Å². The summed E-state index contributed by atoms with van der Waals surface area (Å²) >= 11 is 0. The van der Waals surface area contributed by atoms with Crippen LogP contribution in [0.2, 0.25) is 0 Å². The number of carbonyl (C=O) groups excluding carboxylic acids is 1. The SMILES string of the molecule is CC1CCCN(c2ccc(C(C)NC(=O)C3CCN(S(=O)(=O)N(C)C)CC3)cc2)C1. The fraction of sp³-hybridized carbons (Fsp3) is 0.682. The molecule has 2 unspecified atom stereocenters. The van der Waals surface area contributed by atoms with Crippen LogP contribution >= 0.6 is 0 Å². The number of nitrogens with zero attached hydrogens (tertiary/aromatic N) is 3. The predicted octanol–water partition coefficient (Wildman–Crippen LogP) is 2.62. The van der Waals surface area contributed by atoms with Crippen LogP contribution in [0.1, 0.15) is 51.1 Å². The number of carbonyl (C=O) groups is 1. The predicted molar refractivity (Wildman–Crippen MR) is 121 cm³/mol. The molecule has 2 fully saturated rings. The molecule has 1 amide bonds. The lowest BCUT2D eigenvalue weighted by Crippen LogP contribution is -2.47. The largest absolute Gasteiger partial charge is 0.371 e. The van der Waals surface area contributed by atoms with Crippen molar-refractivity contribution in [3.05, 3.63) is 29.8 Å². The molecule has 2 heterocycles. The average Bonchev–Trinajstić information content (AvgIpc) is 2.73. The minimum atomic E-state index is -3.40. The molecule has 0 radical (unpaired) electrons. The lowest BCUT2D eigenvalue weighted by atomic mass is 9.96. The first-order valence-corrected chi connectivity index (χ1v) is 12.4. The van der Waals surface area contributed by atoms with E-state index in [9.17, 15) is 13.2 Å². The second kappa shape index (κ2) is 9.66. The highest BCUT2D eigenvalue weighted by Crippen LogP contribution is 2.26. The van der Waals surface area contributed by atoms with Crippen LogP contribution in [0.3, 0.4) is 0 Å². The first kappa shape index (κ1) is 23.0. The van der Waals surface area contributed by atoms with Crippen LogP contribution in [0.15, 0.2) is 24.3 Å². The van der Waals surface area contributed by atoms with Crippen molar-refractivity contribution < 1.29 is 13.2 Å². The molecular formula is C22H36N4O3S. The summed E-state index contributed by atoms with van der Waals surface area (Å²) in [5.41, 5.74) is 2.34. The van der Waals surface area contributed by atoms with Crippen molar-refractivity contribution in [2.24, 2.45) is 11.8 Å². The number of piperidine rings is 2. The summed E-state index contributed by atoms with van der Waals surface area (Å²) in [6.07, 6.45) is 3.65. The molecule has 8 heteroatoms. The van der Waals surface area contributed by atoms with Gasteiger partial charge in [0.15, 0.2) is 0 Å². The quantitative estimate of drug-likeness (QED) is 0.744. The van der Waals surface area contributed by atoms with Crippen LogP contribution < -0.4 is 10.2 Å². The fourth-order valence-corrected chi connectivity index (χ4v) is 5.53. The van der Waals surface area contributed by atoms with E-state index in [1.54, 1.807) is 0 Å². The third-order valence-electron chi connectivity index (χ3n) is 6.39. The van der Waals surface area contributed by atoms with Gasteiger partial charge in [0.2, 0.25) is 5.91 Å². The Hall–Kier alpha value is -1.64. The molecule has 0 aromatic heterocycles. The van der Waals surface area contributed by atoms with E-state index >= 15 is 0 Å². The third-order valence-corrected chi connectivity index (χ3v) is 8.33. The van der Waals surface area contributed by atoms with E-state index in [4.69, 9.17) is 0 Å². The lowest BCUT2D eigenvalue weighted by molar-refractivity contribution is -0.126. The van der Waals surface area contributed by atoms with Crippen LogP contribution in [0.5, 0.6) is 0 Å². The van der Waals surface area contributed by atoms with Gasteiger partial charge >= 0.3 is 0 Å². The molecule has 1 aromatic carbocycles. The van der Waals surface area contributed by atoms with Gasteiger partial charge < -0.3 is 10.2 Å². The van der Waals surface area contributed by atoms with E-state index in [1.165, 1.54) is 41.2 Å². The Labute approximate surface area is 181 Å². The van der Waals surface area contributed by atoms with Crippen molar-refractivity contribution in [1.29, 1.82) is 0 Å². The molecule has 2 saturated heterocycles. The van der Waals surface area contributed by atoms with Gasteiger partial charge in [-0.05, 0) is 56.2 Å². The Balaban J connectivity index is 1.52. The van der Waals surface area contributed by atoms with Crippen molar-refractivity contribution in [2.75, 3.05) is 45.2 Å². The van der Waals surface area contributed by atoms with E-state index < -0.39 is 10.2 Å². The van der Waals surface area contributed by atoms with Crippen LogP contribution in [-0.4, -0.2) is 63.2 Å². The van der Waals surface area contributed by atoms with E-state index in [0.29, 0.717) is 25.9 Å². The number of rotatable bonds is 6. The zero-order valence-electron chi connectivity index (χ0n) is 18.7. The van der Waals surface area contributed by atoms with Crippen LogP contribution in [-0.2, 0) is 15.0 Å². The zero-order valence-corrected chi connectivity index (χ0v) is 19.5. The molecular weight excluding hydrogens is 400 g/mol. The number of hydrogen-bond acceptors (Lipinski definition) is 4. The van der Waals surface area contributed by atoms with Gasteiger partial charge in [0.25, 0.3) is 10.2 Å². The Morgan fingerprint density at radius 1 is 1.10 bits per heavy atom. The number of anilines is 1. The average molecular weight is 437 g/mol. The van der Waals surface area contributed by atoms with E-state index in [-0.39, 0.29) is 17.9 Å². The summed E-state index contributed by atoms with van der Waals surface area (Å²) in [4.78, 5) is 15.2. The first-order chi connectivity index (χ1) is 14.2. The maximum atomic E-state index is 12.7. The Morgan fingerprint density at radius 3 is 2.30 bits per heavy atom. The Bertz CT molecular complexity index is 817. The van der Waals surface area contributed by atoms with Gasteiger partial charge in [0, 0.05) is 51.9 Å². The van der Waals surface area contributed by atoms with E-state index in [0.717, 1.165) is 24.6 Å². The molecule has 0 aliphatic carbocycles. The Kier molecular flexibility index (Phi) is 7.42. The highest BCUT2D eigenvalue weighted by Gasteiger charge is 2.32. The minimum absolute atomic E-state index is 0.0123. The number of hydrogen-bond donors (Lipinski definition) is 1. The van der Waals surface area contributed by atoms with Gasteiger partial charge in [-0.2, -0.15) is 17.0 Å². The summed E-state index contributed by atoms with van der Waals surface area (Å²) in [5.74, 6) is 0.601. The van der Waals surface area contributed by atoms with Crippen molar-refractivity contribution >= 4 is 21.8 Å². The van der Waals surface area contributed by atoms with Crippen LogP contribution in [0.25, 0.3) is 0 Å². The smallest absolute Gasteiger partial charge is 0.281 e. The minimum Gasteiger partial charge on any atom is -0.371 e. The normalized spacial score (nSPS) is 22.8. The molecule has 1 N–H and O–H groups in total. The monoisotopic (exact) mass is 436 g/mol. The molecule has 0 bridgehead atoms. The first-order valence-electron chi connectivity index (χ1n) is 11.0. The molecule has 1 aromatic rings. The van der Waals surface area contributed by atoms with Gasteiger partial charge in [-0.1, -0.05) is 19.1 Å². The van der Waals surface area contributed by atoms with Gasteiger partial charge in [0.1, 0.15) is 0 Å².